The molecule has 0 amide bonds. The highest BCUT2D eigenvalue weighted by atomic mass is 16.5. The van der Waals surface area contributed by atoms with Crippen LogP contribution < -0.4 is 4.74 Å². The van der Waals surface area contributed by atoms with Crippen LogP contribution in [0.4, 0.5) is 0 Å². The van der Waals surface area contributed by atoms with Crippen LogP contribution in [0, 0.1) is 0 Å². The van der Waals surface area contributed by atoms with Gasteiger partial charge in [-0.3, -0.25) is 0 Å². The summed E-state index contributed by atoms with van der Waals surface area (Å²) in [6, 6.07) is 17.9. The second-order valence-corrected chi connectivity index (χ2v) is 4.50. The summed E-state index contributed by atoms with van der Waals surface area (Å²) in [6.45, 7) is 1.88. The summed E-state index contributed by atoms with van der Waals surface area (Å²) in [7, 11) is 0. The van der Waals surface area contributed by atoms with Gasteiger partial charge in [0.25, 0.3) is 0 Å². The first-order valence-electron chi connectivity index (χ1n) is 6.83. The summed E-state index contributed by atoms with van der Waals surface area (Å²) in [5, 5.41) is 8.84. The van der Waals surface area contributed by atoms with E-state index in [0.29, 0.717) is 26.2 Å². The molecule has 3 nitrogen and oxygen atoms in total. The predicted molar refractivity (Wildman–Crippen MR) is 78.8 cm³/mol. The maximum atomic E-state index is 8.84. The molecule has 2 aromatic rings. The molecule has 2 aromatic carbocycles. The highest BCUT2D eigenvalue weighted by Crippen LogP contribution is 2.12. The van der Waals surface area contributed by atoms with Gasteiger partial charge in [-0.25, -0.2) is 0 Å². The third-order valence-electron chi connectivity index (χ3n) is 2.93. The van der Waals surface area contributed by atoms with Crippen LogP contribution in [0.25, 0.3) is 0 Å². The van der Waals surface area contributed by atoms with Gasteiger partial charge in [-0.05, 0) is 29.7 Å². The highest BCUT2D eigenvalue weighted by molar-refractivity contribution is 5.27. The van der Waals surface area contributed by atoms with Crippen molar-refractivity contribution < 1.29 is 14.6 Å². The van der Waals surface area contributed by atoms with Gasteiger partial charge in [-0.1, -0.05) is 42.5 Å². The molecule has 0 fully saturated rings. The number of benzene rings is 2. The molecular formula is C17H20O3. The van der Waals surface area contributed by atoms with E-state index < -0.39 is 0 Å². The molecule has 106 valence electrons. The fourth-order valence-electron chi connectivity index (χ4n) is 1.86. The molecule has 0 bridgehead atoms. The summed E-state index contributed by atoms with van der Waals surface area (Å²) in [6.07, 6.45) is 0.681. The summed E-state index contributed by atoms with van der Waals surface area (Å²) >= 11 is 0. The van der Waals surface area contributed by atoms with Gasteiger partial charge in [0.2, 0.25) is 0 Å². The van der Waals surface area contributed by atoms with Crippen LogP contribution in [-0.4, -0.2) is 24.9 Å². The lowest BCUT2D eigenvalue weighted by molar-refractivity contribution is 0.0889. The van der Waals surface area contributed by atoms with E-state index in [4.69, 9.17) is 14.6 Å². The van der Waals surface area contributed by atoms with Crippen LogP contribution in [0.15, 0.2) is 54.6 Å². The zero-order chi connectivity index (χ0) is 14.0. The van der Waals surface area contributed by atoms with Crippen molar-refractivity contribution >= 4 is 0 Å². The molecule has 0 aliphatic heterocycles. The smallest absolute Gasteiger partial charge is 0.119 e. The Kier molecular flexibility index (Phi) is 6.08. The second-order valence-electron chi connectivity index (χ2n) is 4.50. The van der Waals surface area contributed by atoms with Crippen molar-refractivity contribution in [1.29, 1.82) is 0 Å². The Hall–Kier alpha value is -1.84. The minimum Gasteiger partial charge on any atom is -0.491 e. The van der Waals surface area contributed by atoms with Crippen molar-refractivity contribution in [2.24, 2.45) is 0 Å². The number of aliphatic hydroxyl groups is 1. The monoisotopic (exact) mass is 272 g/mol. The fourth-order valence-corrected chi connectivity index (χ4v) is 1.86. The molecule has 0 aliphatic carbocycles. The lowest BCUT2D eigenvalue weighted by atomic mass is 10.1. The van der Waals surface area contributed by atoms with Crippen LogP contribution in [0.5, 0.6) is 5.75 Å². The van der Waals surface area contributed by atoms with Gasteiger partial charge in [-0.15, -0.1) is 0 Å². The SMILES string of the molecule is OCCc1ccc(OCCOCc2ccccc2)cc1. The van der Waals surface area contributed by atoms with Crippen molar-refractivity contribution in [1.82, 2.24) is 0 Å². The van der Waals surface area contributed by atoms with Gasteiger partial charge in [0.05, 0.1) is 13.2 Å². The molecule has 0 aliphatic rings. The van der Waals surface area contributed by atoms with E-state index in [-0.39, 0.29) is 6.61 Å². The normalized spacial score (nSPS) is 10.4. The number of hydrogen-bond acceptors (Lipinski definition) is 3. The van der Waals surface area contributed by atoms with Gasteiger partial charge in [-0.2, -0.15) is 0 Å². The largest absolute Gasteiger partial charge is 0.491 e. The van der Waals surface area contributed by atoms with Crippen molar-refractivity contribution in [3.05, 3.63) is 65.7 Å². The van der Waals surface area contributed by atoms with Gasteiger partial charge >= 0.3 is 0 Å². The zero-order valence-corrected chi connectivity index (χ0v) is 11.5. The Morgan fingerprint density at radius 3 is 2.25 bits per heavy atom. The van der Waals surface area contributed by atoms with Gasteiger partial charge in [0.15, 0.2) is 0 Å². The number of ether oxygens (including phenoxy) is 2. The minimum absolute atomic E-state index is 0.174. The molecule has 0 spiro atoms. The lowest BCUT2D eigenvalue weighted by Crippen LogP contribution is -2.06. The molecule has 0 heterocycles. The van der Waals surface area contributed by atoms with E-state index in [1.54, 1.807) is 0 Å². The van der Waals surface area contributed by atoms with E-state index in [0.717, 1.165) is 11.3 Å². The summed E-state index contributed by atoms with van der Waals surface area (Å²) in [5.41, 5.74) is 2.28. The zero-order valence-electron chi connectivity index (χ0n) is 11.5. The van der Waals surface area contributed by atoms with Crippen LogP contribution >= 0.6 is 0 Å². The molecule has 20 heavy (non-hydrogen) atoms. The molecule has 2 rings (SSSR count). The van der Waals surface area contributed by atoms with Crippen LogP contribution in [0.2, 0.25) is 0 Å². The number of rotatable bonds is 8. The first-order valence-corrected chi connectivity index (χ1v) is 6.83. The molecule has 0 unspecified atom stereocenters. The Morgan fingerprint density at radius 2 is 1.55 bits per heavy atom. The van der Waals surface area contributed by atoms with Crippen LogP contribution in [-0.2, 0) is 17.8 Å². The van der Waals surface area contributed by atoms with Crippen LogP contribution in [0.1, 0.15) is 11.1 Å². The maximum absolute atomic E-state index is 8.84. The Balaban J connectivity index is 1.63. The van der Waals surface area contributed by atoms with E-state index in [1.165, 1.54) is 5.56 Å². The van der Waals surface area contributed by atoms with Crippen molar-refractivity contribution in [3.63, 3.8) is 0 Å². The summed E-state index contributed by atoms with van der Waals surface area (Å²) < 4.78 is 11.1. The highest BCUT2D eigenvalue weighted by Gasteiger charge is 1.96. The standard InChI is InChI=1S/C17H20O3/c18-11-10-15-6-8-17(9-7-15)20-13-12-19-14-16-4-2-1-3-5-16/h1-9,18H,10-14H2. The third kappa shape index (κ3) is 5.03. The molecular weight excluding hydrogens is 252 g/mol. The first-order chi connectivity index (χ1) is 9.88. The average Bonchev–Trinajstić information content (AvgIpc) is 2.50. The molecule has 0 saturated heterocycles. The van der Waals surface area contributed by atoms with E-state index in [1.807, 2.05) is 54.6 Å². The lowest BCUT2D eigenvalue weighted by Gasteiger charge is -2.08. The third-order valence-corrected chi connectivity index (χ3v) is 2.93. The maximum Gasteiger partial charge on any atom is 0.119 e. The molecule has 0 radical (unpaired) electrons. The summed E-state index contributed by atoms with van der Waals surface area (Å²) in [4.78, 5) is 0. The van der Waals surface area contributed by atoms with E-state index in [2.05, 4.69) is 0 Å². The Bertz CT molecular complexity index is 479. The molecule has 0 aromatic heterocycles. The van der Waals surface area contributed by atoms with Crippen LogP contribution in [0.3, 0.4) is 0 Å². The Morgan fingerprint density at radius 1 is 0.800 bits per heavy atom. The fraction of sp³-hybridized carbons (Fsp3) is 0.294. The van der Waals surface area contributed by atoms with Gasteiger partial charge < -0.3 is 14.6 Å². The minimum atomic E-state index is 0.174. The van der Waals surface area contributed by atoms with Crippen molar-refractivity contribution in [2.45, 2.75) is 13.0 Å². The summed E-state index contributed by atoms with van der Waals surface area (Å²) in [5.74, 6) is 0.829. The van der Waals surface area contributed by atoms with E-state index in [9.17, 15) is 0 Å². The van der Waals surface area contributed by atoms with E-state index >= 15 is 0 Å². The quantitative estimate of drug-likeness (QED) is 0.751. The number of hydrogen-bond donors (Lipinski definition) is 1. The second kappa shape index (κ2) is 8.35. The number of aliphatic hydroxyl groups excluding tert-OH is 1. The molecule has 1 N–H and O–H groups in total. The Labute approximate surface area is 119 Å². The van der Waals surface area contributed by atoms with Gasteiger partial charge in [0, 0.05) is 6.61 Å². The predicted octanol–water partition coefficient (Wildman–Crippen LogP) is 2.82. The first kappa shape index (κ1) is 14.6. The van der Waals surface area contributed by atoms with Crippen molar-refractivity contribution in [2.75, 3.05) is 19.8 Å². The topological polar surface area (TPSA) is 38.7 Å². The van der Waals surface area contributed by atoms with Crippen molar-refractivity contribution in [3.8, 4) is 5.75 Å². The molecule has 3 heteroatoms. The molecule has 0 saturated carbocycles. The average molecular weight is 272 g/mol. The molecule has 0 atom stereocenters. The van der Waals surface area contributed by atoms with Gasteiger partial charge in [0.1, 0.15) is 12.4 Å².